The van der Waals surface area contributed by atoms with Crippen LogP contribution in [-0.4, -0.2) is 44.0 Å². The van der Waals surface area contributed by atoms with Gasteiger partial charge in [0.1, 0.15) is 36.6 Å². The number of rotatable bonds is 5. The van der Waals surface area contributed by atoms with Gasteiger partial charge in [-0.1, -0.05) is 12.1 Å². The van der Waals surface area contributed by atoms with Crippen molar-refractivity contribution in [2.75, 3.05) is 19.7 Å². The number of amides is 1. The minimum Gasteiger partial charge on any atom is -0.488 e. The average molecular weight is 423 g/mol. The van der Waals surface area contributed by atoms with Crippen molar-refractivity contribution in [3.8, 4) is 22.9 Å². The lowest BCUT2D eigenvalue weighted by Gasteiger charge is -2.23. The maximum Gasteiger partial charge on any atom is 0.251 e. The van der Waals surface area contributed by atoms with Gasteiger partial charge in [-0.05, 0) is 47.9 Å². The Bertz CT molecular complexity index is 1040. The van der Waals surface area contributed by atoms with Crippen LogP contribution in [0.1, 0.15) is 27.9 Å². The molecule has 2 N–H and O–H groups in total. The highest BCUT2D eigenvalue weighted by Crippen LogP contribution is 2.39. The van der Waals surface area contributed by atoms with E-state index < -0.39 is 23.9 Å². The van der Waals surface area contributed by atoms with Gasteiger partial charge in [0.15, 0.2) is 0 Å². The third-order valence-corrected chi connectivity index (χ3v) is 5.43. The topological polar surface area (TPSA) is 100 Å². The molecule has 2 aliphatic heterocycles. The summed E-state index contributed by atoms with van der Waals surface area (Å²) >= 11 is 0. The number of nitriles is 1. The van der Waals surface area contributed by atoms with E-state index in [1.807, 2.05) is 6.07 Å². The van der Waals surface area contributed by atoms with Gasteiger partial charge in [0.05, 0.1) is 6.07 Å². The number of aldehydes is 1. The van der Waals surface area contributed by atoms with Crippen LogP contribution < -0.4 is 15.4 Å². The molecule has 0 unspecified atom stereocenters. The molecule has 31 heavy (non-hydrogen) atoms. The van der Waals surface area contributed by atoms with Gasteiger partial charge in [-0.3, -0.25) is 9.59 Å². The van der Waals surface area contributed by atoms with E-state index in [0.717, 1.165) is 30.4 Å². The van der Waals surface area contributed by atoms with Crippen molar-refractivity contribution in [1.82, 2.24) is 10.6 Å². The number of nitrogens with one attached hydrogen (secondary N) is 2. The van der Waals surface area contributed by atoms with Gasteiger partial charge < -0.3 is 20.1 Å². The van der Waals surface area contributed by atoms with Crippen LogP contribution in [0.25, 0.3) is 11.1 Å². The second-order valence-electron chi connectivity index (χ2n) is 7.57. The van der Waals surface area contributed by atoms with Gasteiger partial charge in [0, 0.05) is 30.7 Å². The lowest BCUT2D eigenvalue weighted by molar-refractivity contribution is -0.132. The Balaban J connectivity index is 1.53. The number of carbonyl (C=O) groups excluding carboxylic acids is 2. The van der Waals surface area contributed by atoms with E-state index >= 15 is 0 Å². The fourth-order valence-electron chi connectivity index (χ4n) is 3.78. The predicted molar refractivity (Wildman–Crippen MR) is 110 cm³/mol. The molecule has 0 aliphatic carbocycles. The van der Waals surface area contributed by atoms with Crippen molar-refractivity contribution >= 4 is 12.2 Å². The third kappa shape index (κ3) is 4.58. The van der Waals surface area contributed by atoms with Crippen LogP contribution in [0.2, 0.25) is 0 Å². The van der Waals surface area contributed by atoms with Crippen molar-refractivity contribution < 1.29 is 23.5 Å². The molecule has 7 nitrogen and oxygen atoms in total. The monoisotopic (exact) mass is 423 g/mol. The van der Waals surface area contributed by atoms with Crippen LogP contribution >= 0.6 is 0 Å². The first kappa shape index (κ1) is 21.0. The largest absolute Gasteiger partial charge is 0.488 e. The number of fused-ring (bicyclic) bond motifs is 3. The zero-order valence-corrected chi connectivity index (χ0v) is 16.8. The normalized spacial score (nSPS) is 18.4. The molecule has 0 spiro atoms. The van der Waals surface area contributed by atoms with Gasteiger partial charge in [-0.2, -0.15) is 5.26 Å². The first-order chi connectivity index (χ1) is 15.1. The zero-order valence-electron chi connectivity index (χ0n) is 16.8. The summed E-state index contributed by atoms with van der Waals surface area (Å²) in [5.74, 6) is -0.425. The van der Waals surface area contributed by atoms with Crippen LogP contribution in [0, 0.1) is 17.1 Å². The maximum atomic E-state index is 14.9. The average Bonchev–Trinajstić information content (AvgIpc) is 3.08. The Labute approximate surface area is 179 Å². The number of hydrogen-bond acceptors (Lipinski definition) is 6. The summed E-state index contributed by atoms with van der Waals surface area (Å²) in [5, 5.41) is 15.3. The molecule has 0 saturated carbocycles. The Morgan fingerprint density at radius 1 is 1.35 bits per heavy atom. The highest BCUT2D eigenvalue weighted by molar-refractivity contribution is 5.83. The summed E-state index contributed by atoms with van der Waals surface area (Å²) in [6.07, 6.45) is 0.863. The summed E-state index contributed by atoms with van der Waals surface area (Å²) in [6, 6.07) is 9.21. The molecule has 8 heteroatoms. The number of ether oxygens (including phenoxy) is 2. The molecule has 2 aromatic rings. The van der Waals surface area contributed by atoms with E-state index in [0.29, 0.717) is 36.6 Å². The molecule has 2 aromatic carbocycles. The Hall–Kier alpha value is -3.28. The van der Waals surface area contributed by atoms with Crippen LogP contribution in [0.3, 0.4) is 0 Å². The van der Waals surface area contributed by atoms with Crippen LogP contribution in [0.15, 0.2) is 30.3 Å². The fourth-order valence-corrected chi connectivity index (χ4v) is 3.78. The molecule has 0 aromatic heterocycles. The molecule has 2 aliphatic rings. The predicted octanol–water partition coefficient (Wildman–Crippen LogP) is 2.13. The van der Waals surface area contributed by atoms with E-state index in [1.54, 1.807) is 24.3 Å². The lowest BCUT2D eigenvalue weighted by Crippen LogP contribution is -2.46. The molecule has 1 amide bonds. The molecule has 160 valence electrons. The van der Waals surface area contributed by atoms with E-state index in [-0.39, 0.29) is 12.0 Å². The molecular formula is C23H22FN3O4. The Morgan fingerprint density at radius 3 is 3.03 bits per heavy atom. The number of benzene rings is 2. The number of nitrogens with zero attached hydrogens (tertiary/aromatic N) is 1. The number of carbonyl (C=O) groups is 2. The van der Waals surface area contributed by atoms with E-state index in [2.05, 4.69) is 10.6 Å². The summed E-state index contributed by atoms with van der Waals surface area (Å²) in [6.45, 7) is 1.90. The van der Waals surface area contributed by atoms with Crippen molar-refractivity contribution in [1.29, 1.82) is 5.26 Å². The van der Waals surface area contributed by atoms with Crippen LogP contribution in [0.4, 0.5) is 4.39 Å². The van der Waals surface area contributed by atoms with Gasteiger partial charge in [0.2, 0.25) is 0 Å². The smallest absolute Gasteiger partial charge is 0.251 e. The summed E-state index contributed by atoms with van der Waals surface area (Å²) in [4.78, 5) is 23.6. The fraction of sp³-hybridized carbons (Fsp3) is 0.348. The Morgan fingerprint density at radius 2 is 2.23 bits per heavy atom. The van der Waals surface area contributed by atoms with Crippen molar-refractivity contribution in [3.05, 3.63) is 52.8 Å². The molecule has 1 saturated heterocycles. The van der Waals surface area contributed by atoms with Gasteiger partial charge in [-0.15, -0.1) is 0 Å². The van der Waals surface area contributed by atoms with E-state index in [4.69, 9.17) is 9.47 Å². The molecule has 4 rings (SSSR count). The minimum atomic E-state index is -0.913. The summed E-state index contributed by atoms with van der Waals surface area (Å²) in [7, 11) is 0. The number of hydrogen-bond donors (Lipinski definition) is 2. The second-order valence-corrected chi connectivity index (χ2v) is 7.57. The lowest BCUT2D eigenvalue weighted by atomic mass is 9.93. The molecule has 1 fully saturated rings. The van der Waals surface area contributed by atoms with Crippen LogP contribution in [-0.2, 0) is 22.6 Å². The SMILES string of the molecule is N#C[C@H](Cc1cc2c(cc1F)-c1cc(C=O)ccc1CO2)NC(=O)[C@@H]1CNCCCO1. The van der Waals surface area contributed by atoms with Gasteiger partial charge in [0.25, 0.3) is 5.91 Å². The molecule has 0 radical (unpaired) electrons. The van der Waals surface area contributed by atoms with Crippen molar-refractivity contribution in [3.63, 3.8) is 0 Å². The first-order valence-corrected chi connectivity index (χ1v) is 10.1. The second kappa shape index (κ2) is 9.25. The van der Waals surface area contributed by atoms with Crippen molar-refractivity contribution in [2.45, 2.75) is 31.6 Å². The summed E-state index contributed by atoms with van der Waals surface area (Å²) < 4.78 is 26.2. The van der Waals surface area contributed by atoms with Gasteiger partial charge in [-0.25, -0.2) is 4.39 Å². The highest BCUT2D eigenvalue weighted by Gasteiger charge is 2.25. The zero-order chi connectivity index (χ0) is 21.8. The Kier molecular flexibility index (Phi) is 6.26. The first-order valence-electron chi connectivity index (χ1n) is 10.1. The van der Waals surface area contributed by atoms with Gasteiger partial charge >= 0.3 is 0 Å². The van der Waals surface area contributed by atoms with Crippen LogP contribution in [0.5, 0.6) is 5.75 Å². The third-order valence-electron chi connectivity index (χ3n) is 5.43. The minimum absolute atomic E-state index is 0.00784. The standard InChI is InChI=1S/C23H22FN3O4/c24-20-9-19-18-6-14(12-28)2-3-15(18)13-31-21(19)8-16(20)7-17(10-25)27-23(29)22-11-26-4-1-5-30-22/h2-3,6,8-9,12,17,22,26H,1,4-5,7,11,13H2,(H,27,29)/t17-,22-/m0/s1. The summed E-state index contributed by atoms with van der Waals surface area (Å²) in [5.41, 5.74) is 2.93. The highest BCUT2D eigenvalue weighted by atomic mass is 19.1. The molecule has 2 heterocycles. The maximum absolute atomic E-state index is 14.9. The van der Waals surface area contributed by atoms with Crippen molar-refractivity contribution in [2.24, 2.45) is 0 Å². The van der Waals surface area contributed by atoms with E-state index in [1.165, 1.54) is 6.07 Å². The number of halogens is 1. The van der Waals surface area contributed by atoms with E-state index in [9.17, 15) is 19.2 Å². The quantitative estimate of drug-likeness (QED) is 0.715. The molecule has 2 atom stereocenters. The molecular weight excluding hydrogens is 401 g/mol. The molecule has 0 bridgehead atoms.